The summed E-state index contributed by atoms with van der Waals surface area (Å²) in [5.74, 6) is 1.80. The van der Waals surface area contributed by atoms with E-state index in [0.717, 1.165) is 41.2 Å². The second-order valence-corrected chi connectivity index (χ2v) is 7.64. The van der Waals surface area contributed by atoms with Gasteiger partial charge in [0.25, 0.3) is 0 Å². The molecular weight excluding hydrogens is 334 g/mol. The Kier molecular flexibility index (Phi) is 4.94. The molecule has 25 heavy (non-hydrogen) atoms. The second-order valence-electron chi connectivity index (χ2n) is 6.60. The standard InChI is InChI=1S/C18H23N5OS/c1-14-7-6-8-15(11-14)24-13-17-21-23-16(19-20-18(23)25-17)12-22-9-4-2-3-5-10-22/h6-8,11H,2-5,9-10,12-13H2,1H3. The highest BCUT2D eigenvalue weighted by Gasteiger charge is 2.16. The van der Waals surface area contributed by atoms with E-state index in [9.17, 15) is 0 Å². The summed E-state index contributed by atoms with van der Waals surface area (Å²) in [4.78, 5) is 3.30. The molecule has 0 spiro atoms. The number of nitrogens with zero attached hydrogens (tertiary/aromatic N) is 5. The van der Waals surface area contributed by atoms with E-state index in [-0.39, 0.29) is 0 Å². The highest BCUT2D eigenvalue weighted by atomic mass is 32.1. The zero-order chi connectivity index (χ0) is 17.1. The van der Waals surface area contributed by atoms with E-state index in [4.69, 9.17) is 4.74 Å². The van der Waals surface area contributed by atoms with Gasteiger partial charge >= 0.3 is 0 Å². The van der Waals surface area contributed by atoms with Crippen LogP contribution in [0.1, 0.15) is 42.1 Å². The monoisotopic (exact) mass is 357 g/mol. The van der Waals surface area contributed by atoms with Crippen LogP contribution in [0.15, 0.2) is 24.3 Å². The Morgan fingerprint density at radius 3 is 2.76 bits per heavy atom. The van der Waals surface area contributed by atoms with Gasteiger partial charge in [-0.2, -0.15) is 9.61 Å². The third-order valence-electron chi connectivity index (χ3n) is 4.51. The summed E-state index contributed by atoms with van der Waals surface area (Å²) >= 11 is 1.54. The Morgan fingerprint density at radius 2 is 1.96 bits per heavy atom. The fraction of sp³-hybridized carbons (Fsp3) is 0.500. The number of ether oxygens (including phenoxy) is 1. The van der Waals surface area contributed by atoms with Crippen molar-refractivity contribution in [3.63, 3.8) is 0 Å². The average molecular weight is 357 g/mol. The van der Waals surface area contributed by atoms with Gasteiger partial charge in [-0.25, -0.2) is 0 Å². The minimum Gasteiger partial charge on any atom is -0.486 e. The maximum atomic E-state index is 5.85. The van der Waals surface area contributed by atoms with Gasteiger partial charge < -0.3 is 4.74 Å². The minimum absolute atomic E-state index is 0.459. The first-order valence-electron chi connectivity index (χ1n) is 8.90. The Balaban J connectivity index is 1.44. The molecule has 0 atom stereocenters. The van der Waals surface area contributed by atoms with E-state index < -0.39 is 0 Å². The van der Waals surface area contributed by atoms with Gasteiger partial charge in [0.2, 0.25) is 4.96 Å². The third kappa shape index (κ3) is 3.99. The molecule has 0 amide bonds. The summed E-state index contributed by atoms with van der Waals surface area (Å²) in [5.41, 5.74) is 1.19. The van der Waals surface area contributed by atoms with Gasteiger partial charge in [-0.15, -0.1) is 10.2 Å². The fourth-order valence-electron chi connectivity index (χ4n) is 3.20. The molecule has 0 N–H and O–H groups in total. The highest BCUT2D eigenvalue weighted by molar-refractivity contribution is 7.16. The Hall–Kier alpha value is -1.99. The second kappa shape index (κ2) is 7.49. The maximum absolute atomic E-state index is 5.85. The molecule has 0 bridgehead atoms. The molecule has 1 aliphatic heterocycles. The van der Waals surface area contributed by atoms with Crippen molar-refractivity contribution in [3.05, 3.63) is 40.7 Å². The quantitative estimate of drug-likeness (QED) is 0.700. The Morgan fingerprint density at radius 1 is 1.12 bits per heavy atom. The summed E-state index contributed by atoms with van der Waals surface area (Å²) in [7, 11) is 0. The first kappa shape index (κ1) is 16.5. The fourth-order valence-corrected chi connectivity index (χ4v) is 3.96. The molecular formula is C18H23N5OS. The smallest absolute Gasteiger partial charge is 0.234 e. The minimum atomic E-state index is 0.459. The lowest BCUT2D eigenvalue weighted by Crippen LogP contribution is -2.25. The van der Waals surface area contributed by atoms with Gasteiger partial charge in [0.15, 0.2) is 10.8 Å². The molecule has 7 heteroatoms. The van der Waals surface area contributed by atoms with Crippen LogP contribution >= 0.6 is 11.3 Å². The summed E-state index contributed by atoms with van der Waals surface area (Å²) < 4.78 is 7.73. The SMILES string of the molecule is Cc1cccc(OCc2nn3c(CN4CCCCCC4)nnc3s2)c1. The molecule has 4 rings (SSSR count). The van der Waals surface area contributed by atoms with E-state index in [2.05, 4.69) is 33.2 Å². The molecule has 132 valence electrons. The molecule has 6 nitrogen and oxygen atoms in total. The predicted octanol–water partition coefficient (Wildman–Crippen LogP) is 3.45. The summed E-state index contributed by atoms with van der Waals surface area (Å²) in [6.45, 7) is 5.62. The number of aromatic nitrogens is 4. The van der Waals surface area contributed by atoms with Crippen LogP contribution in [0.2, 0.25) is 0 Å². The van der Waals surface area contributed by atoms with Crippen molar-refractivity contribution in [2.24, 2.45) is 0 Å². The van der Waals surface area contributed by atoms with Gasteiger partial charge in [-0.1, -0.05) is 36.3 Å². The molecule has 0 radical (unpaired) electrons. The van der Waals surface area contributed by atoms with Crippen LogP contribution in [-0.4, -0.2) is 37.8 Å². The molecule has 3 aromatic rings. The number of rotatable bonds is 5. The molecule has 2 aromatic heterocycles. The van der Waals surface area contributed by atoms with Crippen molar-refractivity contribution >= 4 is 16.3 Å². The molecule has 1 saturated heterocycles. The van der Waals surface area contributed by atoms with E-state index in [1.807, 2.05) is 22.7 Å². The number of hydrogen-bond acceptors (Lipinski definition) is 6. The van der Waals surface area contributed by atoms with Crippen LogP contribution in [0.5, 0.6) is 5.75 Å². The third-order valence-corrected chi connectivity index (χ3v) is 5.39. The largest absolute Gasteiger partial charge is 0.486 e. The van der Waals surface area contributed by atoms with Crippen LogP contribution in [0.3, 0.4) is 0 Å². The molecule has 0 aliphatic carbocycles. The van der Waals surface area contributed by atoms with Gasteiger partial charge in [0, 0.05) is 0 Å². The topological polar surface area (TPSA) is 55.6 Å². The molecule has 0 unspecified atom stereocenters. The van der Waals surface area contributed by atoms with Gasteiger partial charge in [-0.05, 0) is 50.6 Å². The first-order chi connectivity index (χ1) is 12.3. The molecule has 1 aromatic carbocycles. The van der Waals surface area contributed by atoms with Crippen LogP contribution in [0.25, 0.3) is 4.96 Å². The molecule has 0 saturated carbocycles. The molecule has 1 aliphatic rings. The van der Waals surface area contributed by atoms with Crippen molar-refractivity contribution in [2.75, 3.05) is 13.1 Å². The highest BCUT2D eigenvalue weighted by Crippen LogP contribution is 2.19. The van der Waals surface area contributed by atoms with Crippen LogP contribution in [-0.2, 0) is 13.2 Å². The number of hydrogen-bond donors (Lipinski definition) is 0. The first-order valence-corrected chi connectivity index (χ1v) is 9.71. The van der Waals surface area contributed by atoms with Gasteiger partial charge in [-0.3, -0.25) is 4.90 Å². The van der Waals surface area contributed by atoms with Crippen molar-refractivity contribution in [1.82, 2.24) is 24.7 Å². The Bertz CT molecular complexity index is 835. The predicted molar refractivity (Wildman–Crippen MR) is 97.9 cm³/mol. The molecule has 1 fully saturated rings. The number of likely N-dealkylation sites (tertiary alicyclic amines) is 1. The summed E-state index contributed by atoms with van der Waals surface area (Å²) in [6, 6.07) is 8.07. The number of fused-ring (bicyclic) bond motifs is 1. The van der Waals surface area contributed by atoms with Crippen LogP contribution in [0, 0.1) is 6.92 Å². The lowest BCUT2D eigenvalue weighted by molar-refractivity contribution is 0.267. The molecule has 3 heterocycles. The van der Waals surface area contributed by atoms with E-state index in [1.54, 1.807) is 11.3 Å². The maximum Gasteiger partial charge on any atom is 0.234 e. The number of aryl methyl sites for hydroxylation is 1. The van der Waals surface area contributed by atoms with E-state index >= 15 is 0 Å². The zero-order valence-electron chi connectivity index (χ0n) is 14.5. The van der Waals surface area contributed by atoms with Crippen molar-refractivity contribution < 1.29 is 4.74 Å². The lowest BCUT2D eigenvalue weighted by Gasteiger charge is -2.17. The van der Waals surface area contributed by atoms with E-state index in [0.29, 0.717) is 6.61 Å². The van der Waals surface area contributed by atoms with Gasteiger partial charge in [0.05, 0.1) is 6.54 Å². The lowest BCUT2D eigenvalue weighted by atomic mass is 10.2. The number of benzene rings is 1. The average Bonchev–Trinajstić information content (AvgIpc) is 3.06. The van der Waals surface area contributed by atoms with Crippen molar-refractivity contribution in [3.8, 4) is 5.75 Å². The van der Waals surface area contributed by atoms with Gasteiger partial charge in [0.1, 0.15) is 12.4 Å². The summed E-state index contributed by atoms with van der Waals surface area (Å²) in [6.07, 6.45) is 5.22. The normalized spacial score (nSPS) is 16.2. The van der Waals surface area contributed by atoms with Crippen molar-refractivity contribution in [2.45, 2.75) is 45.8 Å². The van der Waals surface area contributed by atoms with Crippen LogP contribution < -0.4 is 4.74 Å². The van der Waals surface area contributed by atoms with Crippen LogP contribution in [0.4, 0.5) is 0 Å². The van der Waals surface area contributed by atoms with E-state index in [1.165, 1.54) is 31.2 Å². The Labute approximate surface area is 151 Å². The zero-order valence-corrected chi connectivity index (χ0v) is 15.3. The van der Waals surface area contributed by atoms with Crippen molar-refractivity contribution in [1.29, 1.82) is 0 Å². The summed E-state index contributed by atoms with van der Waals surface area (Å²) in [5, 5.41) is 14.2.